The van der Waals surface area contributed by atoms with Crippen LogP contribution in [0.2, 0.25) is 0 Å². The van der Waals surface area contributed by atoms with E-state index in [1.807, 2.05) is 6.92 Å². The molecule has 2 fully saturated rings. The van der Waals surface area contributed by atoms with Crippen LogP contribution in [0.25, 0.3) is 0 Å². The van der Waals surface area contributed by atoms with Crippen LogP contribution in [-0.4, -0.2) is 70.3 Å². The Morgan fingerprint density at radius 2 is 1.96 bits per heavy atom. The molecule has 27 heavy (non-hydrogen) atoms. The Hall–Kier alpha value is -0.860. The number of aliphatic imine (C=N–C) groups is 1. The van der Waals surface area contributed by atoms with E-state index in [9.17, 15) is 8.42 Å². The number of guanidine groups is 1. The van der Waals surface area contributed by atoms with Gasteiger partial charge in [0.05, 0.1) is 5.75 Å². The van der Waals surface area contributed by atoms with Gasteiger partial charge in [-0.3, -0.25) is 4.99 Å². The van der Waals surface area contributed by atoms with E-state index >= 15 is 0 Å². The summed E-state index contributed by atoms with van der Waals surface area (Å²) in [7, 11) is -3.21. The third kappa shape index (κ3) is 8.79. The summed E-state index contributed by atoms with van der Waals surface area (Å²) in [5.41, 5.74) is 0. The van der Waals surface area contributed by atoms with Gasteiger partial charge in [-0.1, -0.05) is 12.8 Å². The van der Waals surface area contributed by atoms with Crippen LogP contribution in [-0.2, 0) is 10.0 Å². The van der Waals surface area contributed by atoms with E-state index in [0.717, 1.165) is 38.9 Å². The lowest BCUT2D eigenvalue weighted by atomic mass is 9.86. The van der Waals surface area contributed by atoms with Gasteiger partial charge in [-0.2, -0.15) is 0 Å². The van der Waals surface area contributed by atoms with Gasteiger partial charge in [0.2, 0.25) is 10.0 Å². The van der Waals surface area contributed by atoms with Crippen molar-refractivity contribution in [3.05, 3.63) is 0 Å². The first-order valence-electron chi connectivity index (χ1n) is 10.7. The highest BCUT2D eigenvalue weighted by molar-refractivity contribution is 7.89. The maximum atomic E-state index is 12.1. The molecule has 158 valence electrons. The van der Waals surface area contributed by atoms with E-state index < -0.39 is 10.0 Å². The Morgan fingerprint density at radius 3 is 2.63 bits per heavy atom. The summed E-state index contributed by atoms with van der Waals surface area (Å²) in [6, 6.07) is 0.687. The standard InChI is InChI=1S/C19H39N5O2S/c1-3-20-19(21-11-7-14-24-13-5-4-8-17(24)2)22-12-15-27(25,26)23-16-18-9-6-10-18/h17-18,23H,3-16H2,1-2H3,(H2,20,21,22). The summed E-state index contributed by atoms with van der Waals surface area (Å²) in [4.78, 5) is 7.15. The van der Waals surface area contributed by atoms with Crippen LogP contribution < -0.4 is 15.4 Å². The van der Waals surface area contributed by atoms with Crippen molar-refractivity contribution in [2.75, 3.05) is 45.0 Å². The lowest BCUT2D eigenvalue weighted by Crippen LogP contribution is -2.42. The maximum absolute atomic E-state index is 12.1. The molecule has 0 aromatic heterocycles. The molecule has 1 aliphatic carbocycles. The predicted molar refractivity (Wildman–Crippen MR) is 113 cm³/mol. The van der Waals surface area contributed by atoms with Crippen molar-refractivity contribution in [1.29, 1.82) is 0 Å². The summed E-state index contributed by atoms with van der Waals surface area (Å²) < 4.78 is 26.9. The fourth-order valence-electron chi connectivity index (χ4n) is 3.61. The number of rotatable bonds is 11. The van der Waals surface area contributed by atoms with Crippen molar-refractivity contribution in [2.45, 2.75) is 64.8 Å². The minimum Gasteiger partial charge on any atom is -0.357 e. The lowest BCUT2D eigenvalue weighted by molar-refractivity contribution is 0.160. The third-order valence-electron chi connectivity index (χ3n) is 5.64. The average Bonchev–Trinajstić information content (AvgIpc) is 2.58. The molecule has 0 radical (unpaired) electrons. The monoisotopic (exact) mass is 401 g/mol. The molecule has 0 amide bonds. The van der Waals surface area contributed by atoms with Crippen molar-refractivity contribution in [3.63, 3.8) is 0 Å². The Labute approximate surface area is 165 Å². The molecule has 1 unspecified atom stereocenters. The SMILES string of the molecule is CCNC(=NCCCN1CCCCC1C)NCCS(=O)(=O)NCC1CCC1. The van der Waals surface area contributed by atoms with E-state index in [4.69, 9.17) is 0 Å². The van der Waals surface area contributed by atoms with E-state index in [1.165, 1.54) is 32.2 Å². The average molecular weight is 402 g/mol. The molecule has 1 atom stereocenters. The van der Waals surface area contributed by atoms with Gasteiger partial charge < -0.3 is 15.5 Å². The van der Waals surface area contributed by atoms with Crippen LogP contribution in [0.1, 0.15) is 58.8 Å². The number of likely N-dealkylation sites (tertiary alicyclic amines) is 1. The smallest absolute Gasteiger partial charge is 0.213 e. The molecule has 7 nitrogen and oxygen atoms in total. The minimum absolute atomic E-state index is 0.0788. The zero-order chi connectivity index (χ0) is 19.5. The van der Waals surface area contributed by atoms with Gasteiger partial charge in [-0.05, 0) is 58.4 Å². The Morgan fingerprint density at radius 1 is 1.15 bits per heavy atom. The lowest BCUT2D eigenvalue weighted by Gasteiger charge is -2.33. The normalized spacial score (nSPS) is 22.4. The highest BCUT2D eigenvalue weighted by Gasteiger charge is 2.20. The molecular formula is C19H39N5O2S. The number of nitrogens with zero attached hydrogens (tertiary/aromatic N) is 2. The van der Waals surface area contributed by atoms with Crippen molar-refractivity contribution < 1.29 is 8.42 Å². The number of sulfonamides is 1. The van der Waals surface area contributed by atoms with Crippen molar-refractivity contribution in [3.8, 4) is 0 Å². The van der Waals surface area contributed by atoms with Crippen LogP contribution in [0.5, 0.6) is 0 Å². The van der Waals surface area contributed by atoms with Gasteiger partial charge in [0.25, 0.3) is 0 Å². The topological polar surface area (TPSA) is 85.8 Å². The number of nitrogens with one attached hydrogen (secondary N) is 3. The van der Waals surface area contributed by atoms with Gasteiger partial charge in [0, 0.05) is 38.8 Å². The molecule has 0 aromatic rings. The van der Waals surface area contributed by atoms with E-state index in [0.29, 0.717) is 31.0 Å². The van der Waals surface area contributed by atoms with Gasteiger partial charge in [0.1, 0.15) is 0 Å². The summed E-state index contributed by atoms with van der Waals surface area (Å²) >= 11 is 0. The highest BCUT2D eigenvalue weighted by atomic mass is 32.2. The second-order valence-corrected chi connectivity index (χ2v) is 9.81. The summed E-state index contributed by atoms with van der Waals surface area (Å²) in [5, 5.41) is 6.34. The molecule has 3 N–H and O–H groups in total. The highest BCUT2D eigenvalue weighted by Crippen LogP contribution is 2.25. The van der Waals surface area contributed by atoms with E-state index in [2.05, 4.69) is 32.2 Å². The van der Waals surface area contributed by atoms with Gasteiger partial charge in [-0.25, -0.2) is 13.1 Å². The number of hydrogen-bond donors (Lipinski definition) is 3. The second kappa shape index (κ2) is 11.9. The van der Waals surface area contributed by atoms with Crippen LogP contribution >= 0.6 is 0 Å². The molecule has 1 saturated heterocycles. The molecule has 2 rings (SSSR count). The van der Waals surface area contributed by atoms with Crippen LogP contribution in [0.4, 0.5) is 0 Å². The fraction of sp³-hybridized carbons (Fsp3) is 0.947. The zero-order valence-electron chi connectivity index (χ0n) is 17.2. The Balaban J connectivity index is 1.64. The largest absolute Gasteiger partial charge is 0.357 e. The van der Waals surface area contributed by atoms with Crippen LogP contribution in [0.15, 0.2) is 4.99 Å². The number of hydrogen-bond acceptors (Lipinski definition) is 4. The van der Waals surface area contributed by atoms with Crippen molar-refractivity contribution in [2.24, 2.45) is 10.9 Å². The third-order valence-corrected chi connectivity index (χ3v) is 6.99. The molecular weight excluding hydrogens is 362 g/mol. The molecule has 0 bridgehead atoms. The second-order valence-electron chi connectivity index (χ2n) is 7.89. The van der Waals surface area contributed by atoms with E-state index in [1.54, 1.807) is 0 Å². The molecule has 1 aliphatic heterocycles. The van der Waals surface area contributed by atoms with Gasteiger partial charge >= 0.3 is 0 Å². The quantitative estimate of drug-likeness (QED) is 0.278. The Bertz CT molecular complexity index is 548. The molecule has 1 heterocycles. The van der Waals surface area contributed by atoms with E-state index in [-0.39, 0.29) is 5.75 Å². The van der Waals surface area contributed by atoms with Gasteiger partial charge in [0.15, 0.2) is 5.96 Å². The van der Waals surface area contributed by atoms with Crippen LogP contribution in [0.3, 0.4) is 0 Å². The summed E-state index contributed by atoms with van der Waals surface area (Å²) in [6.45, 7) is 9.10. The fourth-order valence-corrected chi connectivity index (χ4v) is 4.62. The maximum Gasteiger partial charge on any atom is 0.213 e. The summed E-state index contributed by atoms with van der Waals surface area (Å²) in [5.74, 6) is 1.32. The molecule has 8 heteroatoms. The summed E-state index contributed by atoms with van der Waals surface area (Å²) in [6.07, 6.45) is 8.51. The van der Waals surface area contributed by atoms with Crippen molar-refractivity contribution >= 4 is 16.0 Å². The van der Waals surface area contributed by atoms with Crippen LogP contribution in [0, 0.1) is 5.92 Å². The first-order valence-corrected chi connectivity index (χ1v) is 12.4. The molecule has 0 spiro atoms. The molecule has 0 aromatic carbocycles. The predicted octanol–water partition coefficient (Wildman–Crippen LogP) is 1.53. The first-order chi connectivity index (χ1) is 13.0. The number of piperidine rings is 1. The molecule has 2 aliphatic rings. The Kier molecular flexibility index (Phi) is 9.86. The van der Waals surface area contributed by atoms with Crippen molar-refractivity contribution in [1.82, 2.24) is 20.3 Å². The zero-order valence-corrected chi connectivity index (χ0v) is 18.0. The molecule has 1 saturated carbocycles. The first kappa shape index (κ1) is 22.4. The van der Waals surface area contributed by atoms with Gasteiger partial charge in [-0.15, -0.1) is 0 Å². The minimum atomic E-state index is -3.21.